The number of nitrogen functional groups attached to an aromatic ring is 1. The zero-order valence-electron chi connectivity index (χ0n) is 12.4. The van der Waals surface area contributed by atoms with Gasteiger partial charge in [-0.3, -0.25) is 9.69 Å². The Morgan fingerprint density at radius 3 is 2.71 bits per heavy atom. The van der Waals surface area contributed by atoms with Crippen molar-refractivity contribution in [3.05, 3.63) is 23.9 Å². The second-order valence-electron chi connectivity index (χ2n) is 5.99. The third-order valence-electron chi connectivity index (χ3n) is 4.84. The molecule has 21 heavy (non-hydrogen) atoms. The van der Waals surface area contributed by atoms with Gasteiger partial charge in [-0.1, -0.05) is 18.9 Å². The summed E-state index contributed by atoms with van der Waals surface area (Å²) < 4.78 is 5.44. The number of ether oxygens (including phenoxy) is 1. The summed E-state index contributed by atoms with van der Waals surface area (Å²) in [7, 11) is 0. The first-order chi connectivity index (χ1) is 10.2. The Kier molecular flexibility index (Phi) is 4.22. The van der Waals surface area contributed by atoms with Gasteiger partial charge in [0.2, 0.25) is 0 Å². The summed E-state index contributed by atoms with van der Waals surface area (Å²) in [5.41, 5.74) is 6.44. The molecule has 3 rings (SSSR count). The average molecular weight is 289 g/mol. The van der Waals surface area contributed by atoms with E-state index in [9.17, 15) is 4.79 Å². The second kappa shape index (κ2) is 6.12. The Bertz CT molecular complexity index is 506. The molecule has 114 valence electrons. The number of nitrogens with zero attached hydrogens (tertiary/aromatic N) is 2. The lowest BCUT2D eigenvalue weighted by Gasteiger charge is -2.42. The number of hydrogen-bond donors (Lipinski definition) is 1. The van der Waals surface area contributed by atoms with E-state index >= 15 is 0 Å². The van der Waals surface area contributed by atoms with Gasteiger partial charge in [-0.15, -0.1) is 0 Å². The molecule has 0 atom stereocenters. The standard InChI is InChI=1S/C16H23N3O2/c17-15-13(4-3-7-18-15)12-14(20)16(5-1-2-6-16)19-8-10-21-11-9-19/h3-4,7H,1-2,5-6,8-12H2,(H2,17,18). The monoisotopic (exact) mass is 289 g/mol. The molecule has 1 aliphatic carbocycles. The zero-order chi connectivity index (χ0) is 14.7. The molecule has 0 amide bonds. The minimum atomic E-state index is -0.300. The fraction of sp³-hybridized carbons (Fsp3) is 0.625. The number of pyridine rings is 1. The van der Waals surface area contributed by atoms with Crippen molar-refractivity contribution in [2.75, 3.05) is 32.0 Å². The van der Waals surface area contributed by atoms with Gasteiger partial charge in [0.1, 0.15) is 5.82 Å². The Labute approximate surface area is 125 Å². The van der Waals surface area contributed by atoms with Gasteiger partial charge in [-0.25, -0.2) is 4.98 Å². The summed E-state index contributed by atoms with van der Waals surface area (Å²) >= 11 is 0. The van der Waals surface area contributed by atoms with E-state index in [-0.39, 0.29) is 5.54 Å². The van der Waals surface area contributed by atoms with Gasteiger partial charge in [-0.2, -0.15) is 0 Å². The highest BCUT2D eigenvalue weighted by Crippen LogP contribution is 2.37. The molecule has 0 unspecified atom stereocenters. The van der Waals surface area contributed by atoms with Crippen molar-refractivity contribution in [1.82, 2.24) is 9.88 Å². The van der Waals surface area contributed by atoms with Crippen LogP contribution in [-0.4, -0.2) is 47.5 Å². The van der Waals surface area contributed by atoms with Gasteiger partial charge in [0.25, 0.3) is 0 Å². The molecule has 1 saturated carbocycles. The molecule has 2 aliphatic rings. The lowest BCUT2D eigenvalue weighted by atomic mass is 9.86. The van der Waals surface area contributed by atoms with E-state index in [1.165, 1.54) is 0 Å². The van der Waals surface area contributed by atoms with Gasteiger partial charge in [0.15, 0.2) is 5.78 Å². The maximum Gasteiger partial charge on any atom is 0.157 e. The molecule has 0 spiro atoms. The fourth-order valence-electron chi connectivity index (χ4n) is 3.66. The van der Waals surface area contributed by atoms with E-state index in [2.05, 4.69) is 9.88 Å². The van der Waals surface area contributed by atoms with Crippen molar-refractivity contribution < 1.29 is 9.53 Å². The highest BCUT2D eigenvalue weighted by Gasteiger charge is 2.45. The zero-order valence-corrected chi connectivity index (χ0v) is 12.4. The van der Waals surface area contributed by atoms with E-state index in [1.54, 1.807) is 6.20 Å². The van der Waals surface area contributed by atoms with Crippen molar-refractivity contribution in [3.63, 3.8) is 0 Å². The van der Waals surface area contributed by atoms with E-state index < -0.39 is 0 Å². The smallest absolute Gasteiger partial charge is 0.157 e. The predicted octanol–water partition coefficient (Wildman–Crippen LogP) is 1.42. The van der Waals surface area contributed by atoms with Gasteiger partial charge in [0, 0.05) is 31.3 Å². The normalized spacial score (nSPS) is 22.3. The van der Waals surface area contributed by atoms with Crippen molar-refractivity contribution >= 4 is 11.6 Å². The third-order valence-corrected chi connectivity index (χ3v) is 4.84. The first-order valence-electron chi connectivity index (χ1n) is 7.78. The lowest BCUT2D eigenvalue weighted by Crippen LogP contribution is -2.57. The van der Waals surface area contributed by atoms with Crippen LogP contribution in [0.25, 0.3) is 0 Å². The number of ketones is 1. The number of nitrogens with two attached hydrogens (primary N) is 1. The number of aromatic nitrogens is 1. The molecule has 1 aromatic heterocycles. The third kappa shape index (κ3) is 2.80. The maximum atomic E-state index is 13.0. The minimum Gasteiger partial charge on any atom is -0.383 e. The van der Waals surface area contributed by atoms with Crippen LogP contribution in [0.5, 0.6) is 0 Å². The number of carbonyl (C=O) groups is 1. The Morgan fingerprint density at radius 1 is 1.33 bits per heavy atom. The Balaban J connectivity index is 1.80. The molecule has 0 aromatic carbocycles. The molecule has 0 bridgehead atoms. The van der Waals surface area contributed by atoms with Gasteiger partial charge >= 0.3 is 0 Å². The Hall–Kier alpha value is -1.46. The minimum absolute atomic E-state index is 0.293. The molecule has 2 N–H and O–H groups in total. The summed E-state index contributed by atoms with van der Waals surface area (Å²) in [6.45, 7) is 3.16. The van der Waals surface area contributed by atoms with Crippen LogP contribution in [0.3, 0.4) is 0 Å². The maximum absolute atomic E-state index is 13.0. The van der Waals surface area contributed by atoms with E-state index in [0.717, 1.165) is 57.6 Å². The lowest BCUT2D eigenvalue weighted by molar-refractivity contribution is -0.133. The first kappa shape index (κ1) is 14.5. The van der Waals surface area contributed by atoms with E-state index in [0.29, 0.717) is 18.0 Å². The van der Waals surface area contributed by atoms with Gasteiger partial charge in [0.05, 0.1) is 18.8 Å². The number of rotatable bonds is 4. The number of morpholine rings is 1. The van der Waals surface area contributed by atoms with Crippen molar-refractivity contribution in [2.45, 2.75) is 37.6 Å². The number of carbonyl (C=O) groups excluding carboxylic acids is 1. The highest BCUT2D eigenvalue weighted by atomic mass is 16.5. The second-order valence-corrected chi connectivity index (χ2v) is 5.99. The number of anilines is 1. The number of Topliss-reactive ketones (excluding diaryl/α,β-unsaturated/α-hetero) is 1. The average Bonchev–Trinajstić information content (AvgIpc) is 3.01. The molecule has 5 nitrogen and oxygen atoms in total. The van der Waals surface area contributed by atoms with Crippen LogP contribution in [-0.2, 0) is 16.0 Å². The molecule has 1 aromatic rings. The molecule has 1 aliphatic heterocycles. The summed E-state index contributed by atoms with van der Waals surface area (Å²) in [4.78, 5) is 19.5. The van der Waals surface area contributed by atoms with Gasteiger partial charge in [-0.05, 0) is 18.9 Å². The van der Waals surface area contributed by atoms with Crippen LogP contribution in [0, 0.1) is 0 Å². The first-order valence-corrected chi connectivity index (χ1v) is 7.78. The summed E-state index contributed by atoms with van der Waals surface area (Å²) in [6.07, 6.45) is 6.24. The predicted molar refractivity (Wildman–Crippen MR) is 81.0 cm³/mol. The Morgan fingerprint density at radius 2 is 2.05 bits per heavy atom. The van der Waals surface area contributed by atoms with Crippen molar-refractivity contribution in [1.29, 1.82) is 0 Å². The summed E-state index contributed by atoms with van der Waals surface area (Å²) in [6, 6.07) is 3.75. The van der Waals surface area contributed by atoms with Crippen LogP contribution in [0.1, 0.15) is 31.2 Å². The van der Waals surface area contributed by atoms with Crippen LogP contribution < -0.4 is 5.73 Å². The van der Waals surface area contributed by atoms with Crippen molar-refractivity contribution in [3.8, 4) is 0 Å². The van der Waals surface area contributed by atoms with E-state index in [4.69, 9.17) is 10.5 Å². The largest absolute Gasteiger partial charge is 0.383 e. The van der Waals surface area contributed by atoms with Crippen LogP contribution in [0.4, 0.5) is 5.82 Å². The molecule has 5 heteroatoms. The van der Waals surface area contributed by atoms with Crippen molar-refractivity contribution in [2.24, 2.45) is 0 Å². The topological polar surface area (TPSA) is 68.5 Å². The molecule has 0 radical (unpaired) electrons. The molecular weight excluding hydrogens is 266 g/mol. The SMILES string of the molecule is Nc1ncccc1CC(=O)C1(N2CCOCC2)CCCC1. The molecular formula is C16H23N3O2. The molecule has 1 saturated heterocycles. The quantitative estimate of drug-likeness (QED) is 0.908. The van der Waals surface area contributed by atoms with Crippen LogP contribution >= 0.6 is 0 Å². The summed E-state index contributed by atoms with van der Waals surface area (Å²) in [5.74, 6) is 0.766. The number of hydrogen-bond acceptors (Lipinski definition) is 5. The van der Waals surface area contributed by atoms with Crippen LogP contribution in [0.15, 0.2) is 18.3 Å². The molecule has 2 heterocycles. The van der Waals surface area contributed by atoms with E-state index in [1.807, 2.05) is 12.1 Å². The fourth-order valence-corrected chi connectivity index (χ4v) is 3.66. The summed E-state index contributed by atoms with van der Waals surface area (Å²) in [5, 5.41) is 0. The molecule has 2 fully saturated rings. The highest BCUT2D eigenvalue weighted by molar-refractivity contribution is 5.91. The van der Waals surface area contributed by atoms with Gasteiger partial charge < -0.3 is 10.5 Å². The van der Waals surface area contributed by atoms with Crippen LogP contribution in [0.2, 0.25) is 0 Å².